The first-order valence-electron chi connectivity index (χ1n) is 9.67. The molecule has 0 radical (unpaired) electrons. The second kappa shape index (κ2) is 10.2. The van der Waals surface area contributed by atoms with Crippen LogP contribution in [-0.4, -0.2) is 39.2 Å². The number of phenols is 1. The van der Waals surface area contributed by atoms with Crippen molar-refractivity contribution in [1.82, 2.24) is 0 Å². The van der Waals surface area contributed by atoms with Gasteiger partial charge in [-0.05, 0) is 42.3 Å². The fraction of sp³-hybridized carbons (Fsp3) is 0.182. The second-order valence-electron chi connectivity index (χ2n) is 6.80. The van der Waals surface area contributed by atoms with Crippen molar-refractivity contribution >= 4 is 50.6 Å². The number of sulfonamides is 1. The molecule has 2 N–H and O–H groups in total. The Bertz CT molecular complexity index is 1300. The number of nitrogens with one attached hydrogen (secondary N) is 1. The van der Waals surface area contributed by atoms with Crippen molar-refractivity contribution in [3.8, 4) is 16.9 Å². The summed E-state index contributed by atoms with van der Waals surface area (Å²) in [5.74, 6) is -1.66. The van der Waals surface area contributed by atoms with E-state index in [1.807, 2.05) is 6.92 Å². The average molecular weight is 510 g/mol. The highest BCUT2D eigenvalue weighted by atomic mass is 35.5. The smallest absolute Gasteiger partial charge is 0.341 e. The summed E-state index contributed by atoms with van der Waals surface area (Å²) in [6.45, 7) is 2.19. The summed E-state index contributed by atoms with van der Waals surface area (Å²) in [5.41, 5.74) is 1.28. The number of halogens is 1. The van der Waals surface area contributed by atoms with Gasteiger partial charge in [0.2, 0.25) is 0 Å². The third-order valence-electron chi connectivity index (χ3n) is 4.43. The fourth-order valence-electron chi connectivity index (χ4n) is 2.85. The zero-order valence-corrected chi connectivity index (χ0v) is 20.0. The number of rotatable bonds is 8. The highest BCUT2D eigenvalue weighted by molar-refractivity contribution is 7.94. The zero-order valence-electron chi connectivity index (χ0n) is 17.6. The lowest BCUT2D eigenvalue weighted by molar-refractivity contribution is 0.0504. The van der Waals surface area contributed by atoms with E-state index in [1.54, 1.807) is 24.3 Å². The van der Waals surface area contributed by atoms with Crippen LogP contribution in [-0.2, 0) is 19.5 Å². The van der Waals surface area contributed by atoms with Gasteiger partial charge in [0.25, 0.3) is 10.0 Å². The molecule has 0 fully saturated rings. The van der Waals surface area contributed by atoms with Crippen molar-refractivity contribution in [2.45, 2.75) is 17.6 Å². The molecule has 1 heterocycles. The maximum Gasteiger partial charge on any atom is 0.341 e. The third-order valence-corrected chi connectivity index (χ3v) is 7.64. The largest absolute Gasteiger partial charge is 0.507 e. The summed E-state index contributed by atoms with van der Waals surface area (Å²) in [6.07, 6.45) is 0.694. The maximum absolute atomic E-state index is 12.9. The summed E-state index contributed by atoms with van der Waals surface area (Å²) in [7, 11) is -2.88. The van der Waals surface area contributed by atoms with Crippen molar-refractivity contribution in [3.05, 3.63) is 64.0 Å². The van der Waals surface area contributed by atoms with E-state index in [9.17, 15) is 23.1 Å². The Hall–Kier alpha value is -3.08. The van der Waals surface area contributed by atoms with Crippen LogP contribution < -0.4 is 4.72 Å². The topological polar surface area (TPSA) is 119 Å². The van der Waals surface area contributed by atoms with Gasteiger partial charge in [0.15, 0.2) is 0 Å². The molecule has 2 aromatic carbocycles. The summed E-state index contributed by atoms with van der Waals surface area (Å²) in [6, 6.07) is 11.6. The molecular weight excluding hydrogens is 490 g/mol. The average Bonchev–Trinajstić information content (AvgIpc) is 3.19. The monoisotopic (exact) mass is 509 g/mol. The van der Waals surface area contributed by atoms with Crippen LogP contribution in [0.25, 0.3) is 11.1 Å². The lowest BCUT2D eigenvalue weighted by Crippen LogP contribution is -2.12. The minimum absolute atomic E-state index is 0.0480. The number of phenolic OH excluding ortho intramolecular Hbond substituents is 1. The minimum Gasteiger partial charge on any atom is -0.507 e. The zero-order chi connectivity index (χ0) is 24.2. The van der Waals surface area contributed by atoms with Crippen molar-refractivity contribution in [2.24, 2.45) is 0 Å². The Morgan fingerprint density at radius 3 is 2.55 bits per heavy atom. The molecule has 8 nitrogen and oxygen atoms in total. The predicted molar refractivity (Wildman–Crippen MR) is 126 cm³/mol. The number of anilines is 1. The molecule has 11 heteroatoms. The van der Waals surface area contributed by atoms with Crippen LogP contribution in [0.3, 0.4) is 0 Å². The normalized spacial score (nSPS) is 11.1. The lowest BCUT2D eigenvalue weighted by Gasteiger charge is -2.08. The van der Waals surface area contributed by atoms with Gasteiger partial charge in [0.1, 0.15) is 19.9 Å². The highest BCUT2D eigenvalue weighted by Gasteiger charge is 2.22. The molecule has 3 rings (SSSR count). The van der Waals surface area contributed by atoms with Gasteiger partial charge in [0.05, 0.1) is 25.0 Å². The first-order chi connectivity index (χ1) is 15.7. The van der Waals surface area contributed by atoms with Crippen LogP contribution in [0.1, 0.15) is 34.1 Å². The Labute approximate surface area is 199 Å². The number of hydrogen-bond acceptors (Lipinski definition) is 8. The summed E-state index contributed by atoms with van der Waals surface area (Å²) < 4.78 is 37.9. The van der Waals surface area contributed by atoms with Gasteiger partial charge in [-0.3, -0.25) is 4.72 Å². The van der Waals surface area contributed by atoms with Crippen molar-refractivity contribution < 1.29 is 32.6 Å². The van der Waals surface area contributed by atoms with Crippen LogP contribution in [0.5, 0.6) is 5.75 Å². The Balaban J connectivity index is 1.87. The van der Waals surface area contributed by atoms with E-state index in [-0.39, 0.29) is 19.8 Å². The number of aromatic hydroxyl groups is 1. The summed E-state index contributed by atoms with van der Waals surface area (Å²) in [4.78, 5) is 23.7. The van der Waals surface area contributed by atoms with Gasteiger partial charge in [0, 0.05) is 11.6 Å². The van der Waals surface area contributed by atoms with Crippen molar-refractivity contribution in [1.29, 1.82) is 0 Å². The van der Waals surface area contributed by atoms with Crippen LogP contribution in [0.15, 0.2) is 52.7 Å². The number of thiophene rings is 1. The molecular formula is C22H20ClNO7S2. The van der Waals surface area contributed by atoms with Gasteiger partial charge >= 0.3 is 11.9 Å². The molecule has 0 aliphatic carbocycles. The Morgan fingerprint density at radius 1 is 1.12 bits per heavy atom. The van der Waals surface area contributed by atoms with E-state index in [0.717, 1.165) is 17.4 Å². The molecule has 0 saturated carbocycles. The molecule has 33 heavy (non-hydrogen) atoms. The number of carbonyl (C=O) groups is 2. The van der Waals surface area contributed by atoms with Crippen molar-refractivity contribution in [3.63, 3.8) is 0 Å². The molecule has 0 amide bonds. The molecule has 3 aromatic rings. The molecule has 0 aliphatic rings. The van der Waals surface area contributed by atoms with Crippen molar-refractivity contribution in [2.75, 3.05) is 18.4 Å². The Kier molecular flexibility index (Phi) is 7.62. The van der Waals surface area contributed by atoms with E-state index in [2.05, 4.69) is 9.46 Å². The molecule has 0 bridgehead atoms. The fourth-order valence-corrected chi connectivity index (χ4v) is 5.67. The van der Waals surface area contributed by atoms with Crippen LogP contribution in [0, 0.1) is 0 Å². The van der Waals surface area contributed by atoms with Gasteiger partial charge < -0.3 is 14.6 Å². The first-order valence-corrected chi connectivity index (χ1v) is 12.3. The molecule has 0 atom stereocenters. The van der Waals surface area contributed by atoms with Crippen LogP contribution in [0.2, 0.25) is 4.34 Å². The van der Waals surface area contributed by atoms with Gasteiger partial charge in [-0.2, -0.15) is 0 Å². The second-order valence-corrected chi connectivity index (χ2v) is 10.4. The van der Waals surface area contributed by atoms with Gasteiger partial charge in [-0.1, -0.05) is 30.7 Å². The molecule has 0 saturated heterocycles. The van der Waals surface area contributed by atoms with E-state index in [4.69, 9.17) is 16.3 Å². The molecule has 0 unspecified atom stereocenters. The number of carbonyl (C=O) groups excluding carboxylic acids is 2. The summed E-state index contributed by atoms with van der Waals surface area (Å²) in [5, 5.41) is 9.99. The predicted octanol–water partition coefficient (Wildman–Crippen LogP) is 4.93. The quantitative estimate of drug-likeness (QED) is 0.413. The standard InChI is InChI=1S/C22H20ClNO7S2/c1-3-9-31-21(26)14-6-4-5-13(10-14)17-12-19(32-20(17)23)33(28,29)24-15-7-8-16(18(25)11-15)22(27)30-2/h4-8,10-12,24-25H,3,9H2,1-2H3. The SMILES string of the molecule is CCCOC(=O)c1cccc(-c2cc(S(=O)(=O)Nc3ccc(C(=O)OC)c(O)c3)sc2Cl)c1. The number of ether oxygens (including phenoxy) is 2. The molecule has 0 spiro atoms. The van der Waals surface area contributed by atoms with Crippen LogP contribution in [0.4, 0.5) is 5.69 Å². The number of methoxy groups -OCH3 is 1. The summed E-state index contributed by atoms with van der Waals surface area (Å²) >= 11 is 7.16. The van der Waals surface area contributed by atoms with E-state index in [1.165, 1.54) is 25.3 Å². The van der Waals surface area contributed by atoms with Gasteiger partial charge in [-0.25, -0.2) is 18.0 Å². The third kappa shape index (κ3) is 5.65. The Morgan fingerprint density at radius 2 is 1.88 bits per heavy atom. The maximum atomic E-state index is 12.9. The molecule has 1 aromatic heterocycles. The minimum atomic E-state index is -4.05. The van der Waals surface area contributed by atoms with E-state index in [0.29, 0.717) is 29.7 Å². The number of benzene rings is 2. The van der Waals surface area contributed by atoms with Crippen LogP contribution >= 0.6 is 22.9 Å². The first kappa shape index (κ1) is 24.6. The lowest BCUT2D eigenvalue weighted by atomic mass is 10.1. The molecule has 174 valence electrons. The van der Waals surface area contributed by atoms with E-state index < -0.39 is 27.7 Å². The van der Waals surface area contributed by atoms with E-state index >= 15 is 0 Å². The highest BCUT2D eigenvalue weighted by Crippen LogP contribution is 2.39. The van der Waals surface area contributed by atoms with Gasteiger partial charge in [-0.15, -0.1) is 11.3 Å². The number of esters is 2. The number of hydrogen-bond donors (Lipinski definition) is 2. The molecule has 0 aliphatic heterocycles.